The molecule has 8 heteroatoms. The molecule has 0 saturated heterocycles. The summed E-state index contributed by atoms with van der Waals surface area (Å²) in [6.45, 7) is 0.710. The summed E-state index contributed by atoms with van der Waals surface area (Å²) < 4.78 is 44.2. The van der Waals surface area contributed by atoms with E-state index < -0.39 is 12.8 Å². The SMILES string of the molecule is COCCNCCNC(=O)CCOCC(F)(F)F. The van der Waals surface area contributed by atoms with Crippen molar-refractivity contribution in [1.82, 2.24) is 10.6 Å². The van der Waals surface area contributed by atoms with Gasteiger partial charge in [-0.1, -0.05) is 0 Å². The molecule has 0 aromatic carbocycles. The predicted molar refractivity (Wildman–Crippen MR) is 59.2 cm³/mol. The molecular formula is C10H19F3N2O3. The van der Waals surface area contributed by atoms with E-state index in [1.54, 1.807) is 7.11 Å². The zero-order chi connectivity index (χ0) is 13.9. The third-order valence-corrected chi connectivity index (χ3v) is 1.85. The third kappa shape index (κ3) is 13.2. The highest BCUT2D eigenvalue weighted by molar-refractivity contribution is 5.75. The number of alkyl halides is 3. The summed E-state index contributed by atoms with van der Waals surface area (Å²) in [5.74, 6) is -0.328. The lowest BCUT2D eigenvalue weighted by Crippen LogP contribution is -2.33. The Hall–Kier alpha value is -0.860. The lowest BCUT2D eigenvalue weighted by atomic mass is 10.4. The number of nitrogens with one attached hydrogen (secondary N) is 2. The van der Waals surface area contributed by atoms with Gasteiger partial charge in [-0.05, 0) is 0 Å². The Morgan fingerprint density at radius 2 is 1.89 bits per heavy atom. The molecule has 0 radical (unpaired) electrons. The van der Waals surface area contributed by atoms with Crippen LogP contribution in [-0.2, 0) is 14.3 Å². The highest BCUT2D eigenvalue weighted by atomic mass is 19.4. The summed E-state index contributed by atoms with van der Waals surface area (Å²) in [6, 6.07) is 0. The Morgan fingerprint density at radius 1 is 1.17 bits per heavy atom. The number of halogens is 3. The number of hydrogen-bond acceptors (Lipinski definition) is 4. The Balaban J connectivity index is 3.28. The molecule has 0 unspecified atom stereocenters. The number of carbonyl (C=O) groups excluding carboxylic acids is 1. The van der Waals surface area contributed by atoms with Gasteiger partial charge in [0, 0.05) is 33.2 Å². The molecule has 0 bridgehead atoms. The largest absolute Gasteiger partial charge is 0.411 e. The first-order chi connectivity index (χ1) is 8.45. The molecule has 0 aromatic heterocycles. The molecule has 18 heavy (non-hydrogen) atoms. The van der Waals surface area contributed by atoms with E-state index in [0.717, 1.165) is 0 Å². The molecule has 0 saturated carbocycles. The fraction of sp³-hybridized carbons (Fsp3) is 0.900. The van der Waals surface area contributed by atoms with E-state index in [-0.39, 0.29) is 18.9 Å². The zero-order valence-corrected chi connectivity index (χ0v) is 10.3. The molecule has 2 N–H and O–H groups in total. The molecule has 0 heterocycles. The van der Waals surface area contributed by atoms with Crippen LogP contribution < -0.4 is 10.6 Å². The van der Waals surface area contributed by atoms with Crippen molar-refractivity contribution in [2.75, 3.05) is 46.6 Å². The van der Waals surface area contributed by atoms with E-state index in [4.69, 9.17) is 4.74 Å². The lowest BCUT2D eigenvalue weighted by molar-refractivity contribution is -0.174. The van der Waals surface area contributed by atoms with Crippen molar-refractivity contribution in [2.45, 2.75) is 12.6 Å². The maximum atomic E-state index is 11.7. The molecule has 0 spiro atoms. The van der Waals surface area contributed by atoms with Crippen LogP contribution in [0.25, 0.3) is 0 Å². The molecule has 0 rings (SSSR count). The van der Waals surface area contributed by atoms with Gasteiger partial charge in [-0.3, -0.25) is 4.79 Å². The van der Waals surface area contributed by atoms with Gasteiger partial charge >= 0.3 is 6.18 Å². The number of rotatable bonds is 10. The van der Waals surface area contributed by atoms with Crippen LogP contribution in [0.4, 0.5) is 13.2 Å². The number of methoxy groups -OCH3 is 1. The molecule has 0 atom stereocenters. The standard InChI is InChI=1S/C10H19F3N2O3/c1-17-7-5-14-3-4-15-9(16)2-6-18-8-10(11,12)13/h14H,2-8H2,1H3,(H,15,16). The van der Waals surface area contributed by atoms with Crippen LogP contribution in [0.15, 0.2) is 0 Å². The second kappa shape index (κ2) is 10.1. The quantitative estimate of drug-likeness (QED) is 0.562. The van der Waals surface area contributed by atoms with Crippen molar-refractivity contribution >= 4 is 5.91 Å². The topological polar surface area (TPSA) is 59.6 Å². The lowest BCUT2D eigenvalue weighted by Gasteiger charge is -2.08. The molecule has 0 fully saturated rings. The van der Waals surface area contributed by atoms with Gasteiger partial charge in [-0.25, -0.2) is 0 Å². The summed E-state index contributed by atoms with van der Waals surface area (Å²) >= 11 is 0. The highest BCUT2D eigenvalue weighted by Crippen LogP contribution is 2.14. The minimum absolute atomic E-state index is 0.0752. The molecule has 0 aliphatic carbocycles. The number of amides is 1. The van der Waals surface area contributed by atoms with E-state index in [0.29, 0.717) is 26.2 Å². The molecule has 0 aromatic rings. The van der Waals surface area contributed by atoms with E-state index in [1.165, 1.54) is 0 Å². The van der Waals surface area contributed by atoms with Crippen LogP contribution in [0.3, 0.4) is 0 Å². The van der Waals surface area contributed by atoms with Gasteiger partial charge in [0.1, 0.15) is 6.61 Å². The van der Waals surface area contributed by atoms with Crippen LogP contribution in [0.2, 0.25) is 0 Å². The predicted octanol–water partition coefficient (Wildman–Crippen LogP) is 0.308. The first kappa shape index (κ1) is 17.1. The molecule has 0 aliphatic rings. The zero-order valence-electron chi connectivity index (χ0n) is 10.3. The minimum atomic E-state index is -4.35. The normalized spacial score (nSPS) is 11.6. The monoisotopic (exact) mass is 272 g/mol. The van der Waals surface area contributed by atoms with Crippen molar-refractivity contribution in [3.05, 3.63) is 0 Å². The van der Waals surface area contributed by atoms with Gasteiger partial charge in [0.2, 0.25) is 5.91 Å². The van der Waals surface area contributed by atoms with Gasteiger partial charge in [0.05, 0.1) is 13.2 Å². The number of carbonyl (C=O) groups is 1. The Bertz CT molecular complexity index is 225. The average molecular weight is 272 g/mol. The average Bonchev–Trinajstić information content (AvgIpc) is 2.28. The van der Waals surface area contributed by atoms with Crippen LogP contribution in [0.1, 0.15) is 6.42 Å². The highest BCUT2D eigenvalue weighted by Gasteiger charge is 2.27. The van der Waals surface area contributed by atoms with Gasteiger partial charge in [-0.15, -0.1) is 0 Å². The molecule has 108 valence electrons. The first-order valence-corrected chi connectivity index (χ1v) is 5.56. The van der Waals surface area contributed by atoms with Gasteiger partial charge in [0.15, 0.2) is 0 Å². The van der Waals surface area contributed by atoms with E-state index in [2.05, 4.69) is 15.4 Å². The van der Waals surface area contributed by atoms with Crippen molar-refractivity contribution in [3.8, 4) is 0 Å². The smallest absolute Gasteiger partial charge is 0.383 e. The first-order valence-electron chi connectivity index (χ1n) is 5.56. The second-order valence-corrected chi connectivity index (χ2v) is 3.51. The maximum absolute atomic E-state index is 11.7. The Kier molecular flexibility index (Phi) is 9.62. The fourth-order valence-corrected chi connectivity index (χ4v) is 1.03. The molecule has 5 nitrogen and oxygen atoms in total. The minimum Gasteiger partial charge on any atom is -0.383 e. The van der Waals surface area contributed by atoms with Crippen molar-refractivity contribution in [2.24, 2.45) is 0 Å². The summed E-state index contributed by atoms with van der Waals surface area (Å²) in [6.07, 6.45) is -4.42. The maximum Gasteiger partial charge on any atom is 0.411 e. The molecule has 1 amide bonds. The molecule has 0 aliphatic heterocycles. The Labute approximate surface area is 104 Å². The van der Waals surface area contributed by atoms with Gasteiger partial charge in [-0.2, -0.15) is 13.2 Å². The van der Waals surface area contributed by atoms with Crippen LogP contribution in [0, 0.1) is 0 Å². The summed E-state index contributed by atoms with van der Waals surface area (Å²) in [7, 11) is 1.59. The van der Waals surface area contributed by atoms with Crippen molar-refractivity contribution in [3.63, 3.8) is 0 Å². The summed E-state index contributed by atoms with van der Waals surface area (Å²) in [5.41, 5.74) is 0. The van der Waals surface area contributed by atoms with E-state index in [1.807, 2.05) is 0 Å². The van der Waals surface area contributed by atoms with Crippen LogP contribution in [0.5, 0.6) is 0 Å². The summed E-state index contributed by atoms with van der Waals surface area (Å²) in [5, 5.41) is 5.56. The molecular weight excluding hydrogens is 253 g/mol. The van der Waals surface area contributed by atoms with Gasteiger partial charge in [0.25, 0.3) is 0 Å². The third-order valence-electron chi connectivity index (χ3n) is 1.85. The van der Waals surface area contributed by atoms with E-state index >= 15 is 0 Å². The second-order valence-electron chi connectivity index (χ2n) is 3.51. The number of ether oxygens (including phenoxy) is 2. The van der Waals surface area contributed by atoms with Crippen molar-refractivity contribution < 1.29 is 27.4 Å². The Morgan fingerprint density at radius 3 is 2.50 bits per heavy atom. The summed E-state index contributed by atoms with van der Waals surface area (Å²) in [4.78, 5) is 11.1. The van der Waals surface area contributed by atoms with E-state index in [9.17, 15) is 18.0 Å². The fourth-order valence-electron chi connectivity index (χ4n) is 1.03. The van der Waals surface area contributed by atoms with Gasteiger partial charge < -0.3 is 20.1 Å². The van der Waals surface area contributed by atoms with Crippen LogP contribution in [-0.4, -0.2) is 58.6 Å². The number of hydrogen-bond donors (Lipinski definition) is 2. The van der Waals surface area contributed by atoms with Crippen molar-refractivity contribution in [1.29, 1.82) is 0 Å². The van der Waals surface area contributed by atoms with Crippen LogP contribution >= 0.6 is 0 Å².